The van der Waals surface area contributed by atoms with Gasteiger partial charge in [0, 0.05) is 18.3 Å². The third-order valence-electron chi connectivity index (χ3n) is 0. The van der Waals surface area contributed by atoms with Crippen molar-refractivity contribution >= 4 is 56.1 Å². The summed E-state index contributed by atoms with van der Waals surface area (Å²) in [6.45, 7) is 0. The van der Waals surface area contributed by atoms with E-state index in [1.54, 1.807) is 0 Å². The predicted molar refractivity (Wildman–Crippen MR) is 22.2 cm³/mol. The van der Waals surface area contributed by atoms with Gasteiger partial charge in [-0.3, -0.25) is 0 Å². The van der Waals surface area contributed by atoms with E-state index in [0.29, 0.717) is 0 Å². The van der Waals surface area contributed by atoms with E-state index >= 15 is 0 Å². The van der Waals surface area contributed by atoms with Crippen LogP contribution >= 0.6 is 0 Å². The van der Waals surface area contributed by atoms with Gasteiger partial charge in [0.15, 0.2) is 0 Å². The van der Waals surface area contributed by atoms with Crippen molar-refractivity contribution in [3.05, 3.63) is 0 Å². The van der Waals surface area contributed by atoms with Crippen LogP contribution in [-0.2, 0) is 8.92 Å². The van der Waals surface area contributed by atoms with Crippen LogP contribution in [0.15, 0.2) is 0 Å². The maximum atomic E-state index is 8.52. The number of hydrogen-bond acceptors (Lipinski definition) is 6. The first-order chi connectivity index (χ1) is 3.46. The number of rotatable bonds is 0. The van der Waals surface area contributed by atoms with Gasteiger partial charge in [-0.2, -0.15) is 0 Å². The van der Waals surface area contributed by atoms with Crippen molar-refractivity contribution in [2.75, 3.05) is 0 Å². The molecule has 0 saturated carbocycles. The second-order valence-electron chi connectivity index (χ2n) is 0.500. The Balaban J connectivity index is -0.0000000112. The van der Waals surface area contributed by atoms with Crippen molar-refractivity contribution in [2.24, 2.45) is 0 Å². The van der Waals surface area contributed by atoms with E-state index in [0.717, 1.165) is 0 Å². The van der Waals surface area contributed by atoms with Crippen LogP contribution in [0.1, 0.15) is 0 Å². The van der Waals surface area contributed by atoms with Crippen LogP contribution in [0.3, 0.4) is 0 Å². The molecule has 0 aliphatic carbocycles. The fraction of sp³-hybridized carbons (Fsp3) is 0. The van der Waals surface area contributed by atoms with Crippen LogP contribution < -0.4 is 122 Å². The SMILES string of the molecule is O.O=[Si]([O-])[O-].O=[Si]([O-])[O-].[Ca+2].[K+].[K+]. The summed E-state index contributed by atoms with van der Waals surface area (Å²) in [7, 11) is -7.26. The summed E-state index contributed by atoms with van der Waals surface area (Å²) in [5.41, 5.74) is 0. The molecule has 7 nitrogen and oxygen atoms in total. The van der Waals surface area contributed by atoms with Crippen LogP contribution in [0.4, 0.5) is 0 Å². The second kappa shape index (κ2) is 29.3. The zero-order valence-corrected chi connectivity index (χ0v) is 17.1. The quantitative estimate of drug-likeness (QED) is 0.402. The molecule has 0 aliphatic heterocycles. The summed E-state index contributed by atoms with van der Waals surface area (Å²) in [5.74, 6) is 0. The average molecular weight is 288 g/mol. The maximum Gasteiger partial charge on any atom is 2.00 e. The van der Waals surface area contributed by atoms with Gasteiger partial charge in [0.25, 0.3) is 0 Å². The summed E-state index contributed by atoms with van der Waals surface area (Å²) in [5, 5.41) is 0. The molecule has 2 N–H and O–H groups in total. The summed E-state index contributed by atoms with van der Waals surface area (Å²) >= 11 is 0. The normalized spacial score (nSPS) is 4.00. The first-order valence-corrected chi connectivity index (χ1v) is 3.67. The smallest absolute Gasteiger partial charge is 0.672 e. The minimum Gasteiger partial charge on any atom is -0.672 e. The Hall–Kier alpha value is 3.73. The molecule has 0 aromatic rings. The Morgan fingerprint density at radius 3 is 0.750 bits per heavy atom. The van der Waals surface area contributed by atoms with E-state index < -0.39 is 18.3 Å². The molecule has 0 rings (SSSR count). The molecular weight excluding hydrogens is 286 g/mol. The Morgan fingerprint density at radius 1 is 0.750 bits per heavy atom. The summed E-state index contributed by atoms with van der Waals surface area (Å²) in [4.78, 5) is 34.1. The zero-order valence-electron chi connectivity index (χ0n) is 6.66. The minimum absolute atomic E-state index is 0. The zero-order chi connectivity index (χ0) is 7.15. The van der Waals surface area contributed by atoms with Crippen LogP contribution in [-0.4, -0.2) is 61.6 Å². The van der Waals surface area contributed by atoms with Crippen molar-refractivity contribution in [2.45, 2.75) is 0 Å². The first-order valence-electron chi connectivity index (χ1n) is 1.22. The van der Waals surface area contributed by atoms with E-state index in [1.807, 2.05) is 0 Å². The van der Waals surface area contributed by atoms with Gasteiger partial charge in [0.05, 0.1) is 0 Å². The van der Waals surface area contributed by atoms with Crippen LogP contribution in [0.25, 0.3) is 0 Å². The summed E-state index contributed by atoms with van der Waals surface area (Å²) in [6.07, 6.45) is 0. The van der Waals surface area contributed by atoms with Crippen LogP contribution in [0.5, 0.6) is 0 Å². The monoisotopic (exact) mass is 288 g/mol. The Morgan fingerprint density at radius 2 is 0.750 bits per heavy atom. The second-order valence-corrected chi connectivity index (χ2v) is 1.50. The fourth-order valence-electron chi connectivity index (χ4n) is 0. The van der Waals surface area contributed by atoms with Gasteiger partial charge in [-0.15, -0.1) is 0 Å². The van der Waals surface area contributed by atoms with Gasteiger partial charge < -0.3 is 33.6 Å². The van der Waals surface area contributed by atoms with E-state index in [9.17, 15) is 0 Å². The molecule has 12 heteroatoms. The van der Waals surface area contributed by atoms with Gasteiger partial charge in [-0.25, -0.2) is 0 Å². The topological polar surface area (TPSA) is 158 Å². The molecule has 0 aromatic heterocycles. The molecule has 0 fully saturated rings. The molecule has 0 unspecified atom stereocenters. The first kappa shape index (κ1) is 36.1. The Labute approximate surface area is 187 Å². The third-order valence-corrected chi connectivity index (χ3v) is 0. The molecule has 0 spiro atoms. The molecule has 0 radical (unpaired) electrons. The molecule has 0 aliphatic rings. The summed E-state index contributed by atoms with van der Waals surface area (Å²) < 4.78 is 17.0. The standard InChI is InChI=1S/Ca.2K.2O3Si.H2O/c;;;2*1-4(2)3;/h;;;;;1H2/q+2;2*+1;2*-2;. The molecule has 0 aromatic carbocycles. The fourth-order valence-corrected chi connectivity index (χ4v) is 0. The largest absolute Gasteiger partial charge is 2.00 e. The molecule has 0 bridgehead atoms. The molecule has 56 valence electrons. The minimum atomic E-state index is -3.63. The van der Waals surface area contributed by atoms with Gasteiger partial charge in [-0.05, 0) is 0 Å². The Bertz CT molecular complexity index is 77.4. The molecule has 12 heavy (non-hydrogen) atoms. The molecule has 0 heterocycles. The van der Waals surface area contributed by atoms with Crippen molar-refractivity contribution in [1.29, 1.82) is 0 Å². The summed E-state index contributed by atoms with van der Waals surface area (Å²) in [6, 6.07) is 0. The van der Waals surface area contributed by atoms with Crippen molar-refractivity contribution < 1.29 is 136 Å². The van der Waals surface area contributed by atoms with Crippen molar-refractivity contribution in [1.82, 2.24) is 0 Å². The van der Waals surface area contributed by atoms with Crippen LogP contribution in [0, 0.1) is 0 Å². The maximum absolute atomic E-state index is 8.52. The third kappa shape index (κ3) is 160. The van der Waals surface area contributed by atoms with Gasteiger partial charge >= 0.3 is 141 Å². The number of hydrogen-bond donors (Lipinski definition) is 0. The van der Waals surface area contributed by atoms with E-state index in [2.05, 4.69) is 0 Å². The van der Waals surface area contributed by atoms with Crippen molar-refractivity contribution in [3.8, 4) is 0 Å². The molecule has 0 amide bonds. The van der Waals surface area contributed by atoms with Crippen molar-refractivity contribution in [3.63, 3.8) is 0 Å². The van der Waals surface area contributed by atoms with Crippen LogP contribution in [0.2, 0.25) is 0 Å². The van der Waals surface area contributed by atoms with Gasteiger partial charge in [-0.1, -0.05) is 0 Å². The van der Waals surface area contributed by atoms with E-state index in [1.165, 1.54) is 0 Å². The molecule has 0 saturated heterocycles. The molecular formula is H2CaK2O7Si2. The Kier molecular flexibility index (Phi) is 88.1. The van der Waals surface area contributed by atoms with Gasteiger partial charge in [0.2, 0.25) is 0 Å². The average Bonchev–Trinajstić information content (AvgIpc) is 1.25. The van der Waals surface area contributed by atoms with E-state index in [4.69, 9.17) is 28.1 Å². The predicted octanol–water partition coefficient (Wildman–Crippen LogP) is -13.0. The van der Waals surface area contributed by atoms with Gasteiger partial charge in [0.1, 0.15) is 0 Å². The molecule has 0 atom stereocenters. The van der Waals surface area contributed by atoms with E-state index in [-0.39, 0.29) is 146 Å².